The highest BCUT2D eigenvalue weighted by Crippen LogP contribution is 2.37. The molecule has 1 aliphatic carbocycles. The van der Waals surface area contributed by atoms with Crippen molar-refractivity contribution in [3.05, 3.63) is 27.7 Å². The molecule has 0 amide bonds. The highest BCUT2D eigenvalue weighted by molar-refractivity contribution is 9.10. The van der Waals surface area contributed by atoms with Crippen LogP contribution in [0.3, 0.4) is 0 Å². The van der Waals surface area contributed by atoms with Crippen LogP contribution in [-0.2, 0) is 0 Å². The van der Waals surface area contributed by atoms with Gasteiger partial charge in [0.15, 0.2) is 0 Å². The molecular weight excluding hydrogens is 324 g/mol. The Labute approximate surface area is 128 Å². The zero-order valence-corrected chi connectivity index (χ0v) is 13.4. The highest BCUT2D eigenvalue weighted by Gasteiger charge is 2.36. The molecule has 1 saturated carbocycles. The summed E-state index contributed by atoms with van der Waals surface area (Å²) in [6.45, 7) is 3.34. The second-order valence-corrected chi connectivity index (χ2v) is 6.96. The summed E-state index contributed by atoms with van der Waals surface area (Å²) in [5, 5.41) is 4.60. The Morgan fingerprint density at radius 2 is 2.00 bits per heavy atom. The van der Waals surface area contributed by atoms with Crippen LogP contribution in [0.4, 0.5) is 5.69 Å². The van der Waals surface area contributed by atoms with Gasteiger partial charge in [-0.05, 0) is 53.9 Å². The Bertz CT molecular complexity index is 457. The van der Waals surface area contributed by atoms with Gasteiger partial charge in [0.05, 0.1) is 15.2 Å². The Balaban J connectivity index is 1.88. The average Bonchev–Trinajstić information content (AvgIpc) is 2.74. The molecule has 0 bridgehead atoms. The van der Waals surface area contributed by atoms with E-state index in [2.05, 4.69) is 32.2 Å². The normalized spacial score (nSPS) is 22.7. The molecule has 1 aromatic carbocycles. The predicted molar refractivity (Wildman–Crippen MR) is 85.2 cm³/mol. The molecule has 0 radical (unpaired) electrons. The van der Waals surface area contributed by atoms with E-state index >= 15 is 0 Å². The van der Waals surface area contributed by atoms with Crippen molar-refractivity contribution in [3.63, 3.8) is 0 Å². The lowest BCUT2D eigenvalue weighted by Gasteiger charge is -2.35. The van der Waals surface area contributed by atoms with Crippen LogP contribution in [0.25, 0.3) is 0 Å². The lowest BCUT2D eigenvalue weighted by atomic mass is 9.97. The monoisotopic (exact) mass is 342 g/mol. The first-order valence-corrected chi connectivity index (χ1v) is 8.31. The van der Waals surface area contributed by atoms with E-state index in [1.807, 2.05) is 12.1 Å². The fourth-order valence-electron chi connectivity index (χ4n) is 3.45. The molecule has 1 aromatic rings. The second kappa shape index (κ2) is 5.63. The highest BCUT2D eigenvalue weighted by atomic mass is 79.9. The van der Waals surface area contributed by atoms with E-state index in [1.54, 1.807) is 0 Å². The average molecular weight is 344 g/mol. The molecule has 1 N–H and O–H groups in total. The van der Waals surface area contributed by atoms with Crippen LogP contribution < -0.4 is 10.2 Å². The largest absolute Gasteiger partial charge is 0.369 e. The maximum atomic E-state index is 6.24. The fraction of sp³-hybridized carbons (Fsp3) is 0.600. The van der Waals surface area contributed by atoms with Gasteiger partial charge in [-0.15, -0.1) is 0 Å². The summed E-state index contributed by atoms with van der Waals surface area (Å²) in [5.41, 5.74) is 1.57. The minimum Gasteiger partial charge on any atom is -0.369 e. The van der Waals surface area contributed by atoms with Crippen molar-refractivity contribution in [2.75, 3.05) is 24.5 Å². The van der Waals surface area contributed by atoms with Crippen molar-refractivity contribution in [2.24, 2.45) is 0 Å². The first-order chi connectivity index (χ1) is 9.20. The van der Waals surface area contributed by atoms with Crippen molar-refractivity contribution >= 4 is 33.2 Å². The minimum absolute atomic E-state index is 0.332. The molecule has 1 heterocycles. The zero-order chi connectivity index (χ0) is 13.3. The lowest BCUT2D eigenvalue weighted by molar-refractivity contribution is 0.354. The van der Waals surface area contributed by atoms with E-state index < -0.39 is 0 Å². The van der Waals surface area contributed by atoms with Gasteiger partial charge in [-0.1, -0.05) is 30.5 Å². The van der Waals surface area contributed by atoms with Gasteiger partial charge in [-0.3, -0.25) is 0 Å². The van der Waals surface area contributed by atoms with Gasteiger partial charge in [-0.25, -0.2) is 0 Å². The number of hydrogen-bond acceptors (Lipinski definition) is 2. The van der Waals surface area contributed by atoms with E-state index in [-0.39, 0.29) is 0 Å². The Kier molecular flexibility index (Phi) is 4.06. The van der Waals surface area contributed by atoms with Gasteiger partial charge in [0, 0.05) is 18.6 Å². The van der Waals surface area contributed by atoms with Crippen LogP contribution in [0, 0.1) is 0 Å². The first kappa shape index (κ1) is 13.7. The summed E-state index contributed by atoms with van der Waals surface area (Å²) < 4.78 is 1.03. The zero-order valence-electron chi connectivity index (χ0n) is 11.1. The van der Waals surface area contributed by atoms with E-state index in [0.29, 0.717) is 5.54 Å². The topological polar surface area (TPSA) is 15.3 Å². The maximum Gasteiger partial charge on any atom is 0.0595 e. The molecule has 2 fully saturated rings. The van der Waals surface area contributed by atoms with Gasteiger partial charge in [0.1, 0.15) is 0 Å². The van der Waals surface area contributed by atoms with Crippen LogP contribution >= 0.6 is 27.5 Å². The fourth-order valence-corrected chi connectivity index (χ4v) is 4.14. The van der Waals surface area contributed by atoms with Gasteiger partial charge in [0.2, 0.25) is 0 Å². The summed E-state index contributed by atoms with van der Waals surface area (Å²) in [4.78, 5) is 2.50. The predicted octanol–water partition coefficient (Wildman–Crippen LogP) is 4.22. The molecule has 0 atom stereocenters. The molecule has 19 heavy (non-hydrogen) atoms. The van der Waals surface area contributed by atoms with Gasteiger partial charge in [0.25, 0.3) is 0 Å². The van der Waals surface area contributed by atoms with E-state index in [9.17, 15) is 0 Å². The third-order valence-electron chi connectivity index (χ3n) is 4.43. The van der Waals surface area contributed by atoms with Crippen LogP contribution in [0.5, 0.6) is 0 Å². The van der Waals surface area contributed by atoms with Crippen molar-refractivity contribution in [1.29, 1.82) is 0 Å². The lowest BCUT2D eigenvalue weighted by Crippen LogP contribution is -2.49. The third kappa shape index (κ3) is 2.79. The second-order valence-electron chi connectivity index (χ2n) is 5.76. The van der Waals surface area contributed by atoms with Crippen LogP contribution in [0.15, 0.2) is 22.7 Å². The summed E-state index contributed by atoms with van der Waals surface area (Å²) >= 11 is 9.88. The molecule has 3 rings (SSSR count). The van der Waals surface area contributed by atoms with Gasteiger partial charge < -0.3 is 10.2 Å². The number of nitrogens with one attached hydrogen (secondary N) is 1. The summed E-state index contributed by atoms with van der Waals surface area (Å²) in [6.07, 6.45) is 6.53. The van der Waals surface area contributed by atoms with Crippen molar-refractivity contribution < 1.29 is 0 Å². The molecule has 2 aliphatic rings. The quantitative estimate of drug-likeness (QED) is 0.821. The number of rotatable bonds is 1. The first-order valence-electron chi connectivity index (χ1n) is 7.14. The molecule has 104 valence electrons. The number of hydrogen-bond donors (Lipinski definition) is 1. The Morgan fingerprint density at radius 3 is 2.79 bits per heavy atom. The summed E-state index contributed by atoms with van der Waals surface area (Å²) in [7, 11) is 0. The van der Waals surface area contributed by atoms with E-state index in [1.165, 1.54) is 37.8 Å². The molecule has 0 unspecified atom stereocenters. The number of benzene rings is 1. The van der Waals surface area contributed by atoms with Crippen LogP contribution in [0.1, 0.15) is 32.1 Å². The van der Waals surface area contributed by atoms with Gasteiger partial charge >= 0.3 is 0 Å². The third-order valence-corrected chi connectivity index (χ3v) is 5.81. The van der Waals surface area contributed by atoms with E-state index in [0.717, 1.165) is 29.1 Å². The summed E-state index contributed by atoms with van der Waals surface area (Å²) in [5.74, 6) is 0. The van der Waals surface area contributed by atoms with E-state index in [4.69, 9.17) is 11.6 Å². The SMILES string of the molecule is Clc1cccc(N2CCCNC3(CCCC3)C2)c1Br. The molecule has 4 heteroatoms. The number of halogens is 2. The number of nitrogens with zero attached hydrogens (tertiary/aromatic N) is 1. The Morgan fingerprint density at radius 1 is 1.21 bits per heavy atom. The van der Waals surface area contributed by atoms with Crippen molar-refractivity contribution in [3.8, 4) is 0 Å². The minimum atomic E-state index is 0.332. The van der Waals surface area contributed by atoms with Gasteiger partial charge in [-0.2, -0.15) is 0 Å². The molecule has 1 aliphatic heterocycles. The molecule has 1 spiro atoms. The standard InChI is InChI=1S/C15H20BrClN2/c16-14-12(17)5-3-6-13(14)19-10-4-9-18-15(11-19)7-1-2-8-15/h3,5-6,18H,1-2,4,7-11H2. The van der Waals surface area contributed by atoms with Crippen LogP contribution in [-0.4, -0.2) is 25.2 Å². The molecular formula is C15H20BrClN2. The number of anilines is 1. The molecule has 1 saturated heterocycles. The smallest absolute Gasteiger partial charge is 0.0595 e. The van der Waals surface area contributed by atoms with Crippen LogP contribution in [0.2, 0.25) is 5.02 Å². The van der Waals surface area contributed by atoms with Crippen molar-refractivity contribution in [2.45, 2.75) is 37.6 Å². The maximum absolute atomic E-state index is 6.24. The Hall–Kier alpha value is -0.250. The molecule has 0 aromatic heterocycles. The van der Waals surface area contributed by atoms with Crippen molar-refractivity contribution in [1.82, 2.24) is 5.32 Å². The molecule has 2 nitrogen and oxygen atoms in total. The summed E-state index contributed by atoms with van der Waals surface area (Å²) in [6, 6.07) is 6.16.